The summed E-state index contributed by atoms with van der Waals surface area (Å²) in [6, 6.07) is 13.6. The Morgan fingerprint density at radius 3 is 2.76 bits per heavy atom. The number of hydrogen-bond acceptors (Lipinski definition) is 3. The van der Waals surface area contributed by atoms with Gasteiger partial charge in [0.05, 0.1) is 6.42 Å². The Labute approximate surface area is 169 Å². The Morgan fingerprint density at radius 1 is 1.03 bits per heavy atom. The number of carbonyl (C=O) groups is 2. The quantitative estimate of drug-likeness (QED) is 0.750. The van der Waals surface area contributed by atoms with Crippen LogP contribution in [0.4, 0.5) is 0 Å². The topological polar surface area (TPSA) is 69.3 Å². The number of fused-ring (bicyclic) bond motifs is 5. The second-order valence-electron chi connectivity index (χ2n) is 8.10. The van der Waals surface area contributed by atoms with Crippen molar-refractivity contribution >= 4 is 22.7 Å². The maximum atomic E-state index is 13.2. The fraction of sp³-hybridized carbons (Fsp3) is 0.348. The van der Waals surface area contributed by atoms with Crippen molar-refractivity contribution < 1.29 is 9.59 Å². The summed E-state index contributed by atoms with van der Waals surface area (Å²) >= 11 is 0. The van der Waals surface area contributed by atoms with Crippen molar-refractivity contribution in [2.24, 2.45) is 5.92 Å². The molecule has 3 aromatic rings. The van der Waals surface area contributed by atoms with E-state index in [2.05, 4.69) is 16.0 Å². The molecule has 3 aliphatic rings. The van der Waals surface area contributed by atoms with E-state index in [9.17, 15) is 9.59 Å². The third-order valence-corrected chi connectivity index (χ3v) is 6.22. The molecule has 3 aliphatic heterocycles. The van der Waals surface area contributed by atoms with Crippen LogP contribution in [0.25, 0.3) is 10.9 Å². The molecule has 6 heteroatoms. The molecule has 3 saturated heterocycles. The number of aromatic nitrogens is 2. The average molecular weight is 388 g/mol. The van der Waals surface area contributed by atoms with E-state index in [1.807, 2.05) is 46.3 Å². The van der Waals surface area contributed by atoms with Crippen LogP contribution >= 0.6 is 0 Å². The fourth-order valence-electron chi connectivity index (χ4n) is 4.75. The van der Waals surface area contributed by atoms with E-state index in [1.54, 1.807) is 12.3 Å². The van der Waals surface area contributed by atoms with Crippen LogP contribution in [0, 0.1) is 5.92 Å². The Morgan fingerprint density at radius 2 is 1.90 bits per heavy atom. The summed E-state index contributed by atoms with van der Waals surface area (Å²) in [6.07, 6.45) is 6.00. The van der Waals surface area contributed by atoms with Crippen molar-refractivity contribution in [3.63, 3.8) is 0 Å². The number of amides is 2. The molecule has 29 heavy (non-hydrogen) atoms. The molecule has 148 valence electrons. The summed E-state index contributed by atoms with van der Waals surface area (Å²) in [5.74, 6) is 0.443. The number of aromatic amines is 1. The molecule has 2 amide bonds. The molecule has 5 heterocycles. The second kappa shape index (κ2) is 7.35. The first-order valence-corrected chi connectivity index (χ1v) is 10.2. The number of nitrogens with one attached hydrogen (secondary N) is 1. The summed E-state index contributed by atoms with van der Waals surface area (Å²) < 4.78 is 0. The molecule has 2 atom stereocenters. The van der Waals surface area contributed by atoms with E-state index >= 15 is 0 Å². The van der Waals surface area contributed by atoms with Crippen molar-refractivity contribution in [3.05, 3.63) is 66.1 Å². The minimum Gasteiger partial charge on any atom is -0.361 e. The van der Waals surface area contributed by atoms with E-state index in [-0.39, 0.29) is 17.9 Å². The Balaban J connectivity index is 1.33. The minimum atomic E-state index is -0.0339. The predicted molar refractivity (Wildman–Crippen MR) is 110 cm³/mol. The van der Waals surface area contributed by atoms with Crippen LogP contribution in [0.2, 0.25) is 0 Å². The number of rotatable bonds is 3. The van der Waals surface area contributed by atoms with Gasteiger partial charge in [-0.05, 0) is 42.5 Å². The zero-order valence-corrected chi connectivity index (χ0v) is 16.3. The number of hydrogen-bond donors (Lipinski definition) is 1. The maximum Gasteiger partial charge on any atom is 0.272 e. The molecular formula is C23H24N4O2. The van der Waals surface area contributed by atoms with Gasteiger partial charge in [-0.1, -0.05) is 24.3 Å². The lowest BCUT2D eigenvalue weighted by Gasteiger charge is -2.36. The molecule has 1 aromatic carbocycles. The zero-order chi connectivity index (χ0) is 19.8. The molecule has 2 aromatic heterocycles. The number of nitrogens with zero attached hydrogens (tertiary/aromatic N) is 3. The fourth-order valence-corrected chi connectivity index (χ4v) is 4.75. The van der Waals surface area contributed by atoms with Gasteiger partial charge in [-0.25, -0.2) is 0 Å². The van der Waals surface area contributed by atoms with Gasteiger partial charge in [0.1, 0.15) is 5.69 Å². The van der Waals surface area contributed by atoms with Gasteiger partial charge < -0.3 is 14.8 Å². The van der Waals surface area contributed by atoms with Crippen molar-refractivity contribution in [1.29, 1.82) is 0 Å². The summed E-state index contributed by atoms with van der Waals surface area (Å²) in [7, 11) is 0. The largest absolute Gasteiger partial charge is 0.361 e. The Hall–Kier alpha value is -3.15. The molecule has 0 aliphatic carbocycles. The Bertz CT molecular complexity index is 1050. The van der Waals surface area contributed by atoms with Crippen LogP contribution in [0.5, 0.6) is 0 Å². The van der Waals surface area contributed by atoms with Gasteiger partial charge >= 0.3 is 0 Å². The summed E-state index contributed by atoms with van der Waals surface area (Å²) in [5, 5.41) is 1.10. The highest BCUT2D eigenvalue weighted by Gasteiger charge is 2.38. The molecule has 1 N–H and O–H groups in total. The summed E-state index contributed by atoms with van der Waals surface area (Å²) in [5.41, 5.74) is 2.57. The Kier molecular flexibility index (Phi) is 4.54. The number of para-hydroxylation sites is 1. The molecule has 2 bridgehead atoms. The average Bonchev–Trinajstić information content (AvgIpc) is 2.94. The molecule has 0 unspecified atom stereocenters. The number of piperidine rings is 1. The molecular weight excluding hydrogens is 364 g/mol. The number of benzene rings is 1. The van der Waals surface area contributed by atoms with Crippen LogP contribution in [0.1, 0.15) is 28.9 Å². The van der Waals surface area contributed by atoms with Gasteiger partial charge in [0.2, 0.25) is 5.91 Å². The predicted octanol–water partition coefficient (Wildman–Crippen LogP) is 2.87. The molecule has 0 saturated carbocycles. The second-order valence-corrected chi connectivity index (χ2v) is 8.10. The van der Waals surface area contributed by atoms with Gasteiger partial charge in [-0.15, -0.1) is 0 Å². The highest BCUT2D eigenvalue weighted by atomic mass is 16.2. The normalized spacial score (nSPS) is 21.4. The third-order valence-electron chi connectivity index (χ3n) is 6.22. The lowest BCUT2D eigenvalue weighted by atomic mass is 9.94. The zero-order valence-electron chi connectivity index (χ0n) is 16.3. The first kappa shape index (κ1) is 17.9. The van der Waals surface area contributed by atoms with E-state index in [4.69, 9.17) is 0 Å². The molecule has 6 rings (SSSR count). The third kappa shape index (κ3) is 3.39. The lowest BCUT2D eigenvalue weighted by Crippen LogP contribution is -2.48. The van der Waals surface area contributed by atoms with Gasteiger partial charge in [0, 0.05) is 49.0 Å². The molecule has 0 spiro atoms. The smallest absolute Gasteiger partial charge is 0.272 e. The van der Waals surface area contributed by atoms with Crippen LogP contribution in [-0.2, 0) is 11.2 Å². The summed E-state index contributed by atoms with van der Waals surface area (Å²) in [4.78, 5) is 37.5. The van der Waals surface area contributed by atoms with Gasteiger partial charge in [0.15, 0.2) is 0 Å². The highest BCUT2D eigenvalue weighted by Crippen LogP contribution is 2.30. The first-order chi connectivity index (χ1) is 14.2. The van der Waals surface area contributed by atoms with Crippen LogP contribution in [0.15, 0.2) is 54.9 Å². The van der Waals surface area contributed by atoms with Gasteiger partial charge in [0.25, 0.3) is 5.91 Å². The van der Waals surface area contributed by atoms with Crippen molar-refractivity contribution in [1.82, 2.24) is 19.8 Å². The number of H-pyrrole nitrogens is 1. The monoisotopic (exact) mass is 388 g/mol. The first-order valence-electron chi connectivity index (χ1n) is 10.2. The SMILES string of the molecule is O=C(c1ccccn1)N1C[C@H]2CC[C@@H](C1)N(C(=O)Cc1c[nH]c3ccccc13)C2. The van der Waals surface area contributed by atoms with E-state index < -0.39 is 0 Å². The number of carbonyl (C=O) groups excluding carboxylic acids is 2. The van der Waals surface area contributed by atoms with E-state index in [0.29, 0.717) is 31.1 Å². The highest BCUT2D eigenvalue weighted by molar-refractivity contribution is 5.92. The van der Waals surface area contributed by atoms with E-state index in [1.165, 1.54) is 0 Å². The minimum absolute atomic E-state index is 0.0339. The van der Waals surface area contributed by atoms with Gasteiger partial charge in [-0.3, -0.25) is 14.6 Å². The molecule has 0 radical (unpaired) electrons. The molecule has 6 nitrogen and oxygen atoms in total. The van der Waals surface area contributed by atoms with Crippen molar-refractivity contribution in [2.45, 2.75) is 25.3 Å². The standard InChI is InChI=1S/C23H24N4O2/c28-22(11-17-12-25-20-6-2-1-5-19(17)20)27-14-16-8-9-18(27)15-26(13-16)23(29)21-7-3-4-10-24-21/h1-7,10,12,16,18,25H,8-9,11,13-15H2/t16-,18+/m1/s1. The molecule has 3 fully saturated rings. The van der Waals surface area contributed by atoms with Crippen LogP contribution < -0.4 is 0 Å². The van der Waals surface area contributed by atoms with Crippen LogP contribution in [-0.4, -0.2) is 57.3 Å². The number of pyridine rings is 1. The van der Waals surface area contributed by atoms with Crippen LogP contribution in [0.3, 0.4) is 0 Å². The van der Waals surface area contributed by atoms with Crippen molar-refractivity contribution in [3.8, 4) is 0 Å². The maximum absolute atomic E-state index is 13.2. The lowest BCUT2D eigenvalue weighted by molar-refractivity contribution is -0.134. The van der Waals surface area contributed by atoms with E-state index in [0.717, 1.165) is 35.9 Å². The van der Waals surface area contributed by atoms with Crippen molar-refractivity contribution in [2.75, 3.05) is 19.6 Å². The summed E-state index contributed by atoms with van der Waals surface area (Å²) in [6.45, 7) is 2.02. The van der Waals surface area contributed by atoms with Gasteiger partial charge in [-0.2, -0.15) is 0 Å².